The Morgan fingerprint density at radius 2 is 1.12 bits per heavy atom. The summed E-state index contributed by atoms with van der Waals surface area (Å²) in [5, 5.41) is 0. The molecule has 0 spiro atoms. The summed E-state index contributed by atoms with van der Waals surface area (Å²) < 4.78 is 0.406. The van der Waals surface area contributed by atoms with Gasteiger partial charge in [0.25, 0.3) is 0 Å². The monoisotopic (exact) mass is 304 g/mol. The first kappa shape index (κ1) is 17.5. The third-order valence-corrected chi connectivity index (χ3v) is 4.37. The average Bonchev–Trinajstić information content (AvgIpc) is 2.27. The minimum absolute atomic E-state index is 0.406. The molecule has 0 aromatic carbocycles. The lowest BCUT2D eigenvalue weighted by atomic mass is 9.97. The van der Waals surface area contributed by atoms with Crippen LogP contribution in [0.4, 0.5) is 0 Å². The molecule has 0 aromatic heterocycles. The summed E-state index contributed by atoms with van der Waals surface area (Å²) in [7, 11) is 0. The van der Waals surface area contributed by atoms with Crippen LogP contribution in [-0.2, 0) is 0 Å². The van der Waals surface area contributed by atoms with Crippen LogP contribution < -0.4 is 0 Å². The largest absolute Gasteiger partial charge is 0.0856 e. The van der Waals surface area contributed by atoms with Gasteiger partial charge in [0.1, 0.15) is 0 Å². The topological polar surface area (TPSA) is 0 Å². The van der Waals surface area contributed by atoms with Crippen LogP contribution in [0.25, 0.3) is 0 Å². The van der Waals surface area contributed by atoms with Crippen molar-refractivity contribution in [2.75, 3.05) is 0 Å². The van der Waals surface area contributed by atoms with E-state index in [4.69, 9.17) is 0 Å². The molecule has 1 heteroatoms. The molecule has 1 atom stereocenters. The number of unbranched alkanes of at least 4 members (excludes halogenated alkanes) is 8. The van der Waals surface area contributed by atoms with Gasteiger partial charge in [-0.15, -0.1) is 0 Å². The molecule has 1 unspecified atom stereocenters. The number of halogens is 1. The zero-order valence-electron chi connectivity index (χ0n) is 12.4. The molecule has 0 aliphatic rings. The zero-order chi connectivity index (χ0) is 13.0. The fourth-order valence-electron chi connectivity index (χ4n) is 2.45. The second-order valence-electron chi connectivity index (χ2n) is 5.74. The summed E-state index contributed by atoms with van der Waals surface area (Å²) >= 11 is 3.85. The maximum Gasteiger partial charge on any atom is 0.0229 e. The third-order valence-electron chi connectivity index (χ3n) is 3.57. The number of hydrogen-bond acceptors (Lipinski definition) is 0. The van der Waals surface area contributed by atoms with Gasteiger partial charge >= 0.3 is 0 Å². The molecule has 0 saturated carbocycles. The van der Waals surface area contributed by atoms with Gasteiger partial charge in [0.2, 0.25) is 0 Å². The first-order chi connectivity index (χ1) is 8.12. The van der Waals surface area contributed by atoms with Crippen molar-refractivity contribution >= 4 is 15.9 Å². The van der Waals surface area contributed by atoms with Crippen molar-refractivity contribution in [2.45, 2.75) is 102 Å². The fourth-order valence-corrected chi connectivity index (χ4v) is 3.13. The Balaban J connectivity index is 3.18. The summed E-state index contributed by atoms with van der Waals surface area (Å²) in [5.74, 6) is 0. The first-order valence-corrected chi connectivity index (χ1v) is 8.60. The second-order valence-corrected chi connectivity index (χ2v) is 7.66. The molecule has 104 valence electrons. The predicted molar refractivity (Wildman–Crippen MR) is 84.1 cm³/mol. The van der Waals surface area contributed by atoms with Crippen molar-refractivity contribution in [3.05, 3.63) is 0 Å². The SMILES string of the molecule is CCCCCCCCCCCC(C)(Br)CCC. The highest BCUT2D eigenvalue weighted by Crippen LogP contribution is 2.29. The van der Waals surface area contributed by atoms with Crippen LogP contribution in [0.1, 0.15) is 97.8 Å². The van der Waals surface area contributed by atoms with Gasteiger partial charge < -0.3 is 0 Å². The van der Waals surface area contributed by atoms with E-state index in [0.29, 0.717) is 4.32 Å². The molecule has 0 aromatic rings. The molecule has 0 N–H and O–H groups in total. The summed E-state index contributed by atoms with van der Waals surface area (Å²) in [6.45, 7) is 6.91. The van der Waals surface area contributed by atoms with Gasteiger partial charge in [-0.3, -0.25) is 0 Å². The third kappa shape index (κ3) is 12.7. The lowest BCUT2D eigenvalue weighted by molar-refractivity contribution is 0.493. The molecule has 0 radical (unpaired) electrons. The van der Waals surface area contributed by atoms with Gasteiger partial charge in [-0.1, -0.05) is 94.0 Å². The van der Waals surface area contributed by atoms with E-state index in [0.717, 1.165) is 0 Å². The van der Waals surface area contributed by atoms with Crippen molar-refractivity contribution in [1.29, 1.82) is 0 Å². The molecule has 0 rings (SSSR count). The van der Waals surface area contributed by atoms with Crippen LogP contribution >= 0.6 is 15.9 Å². The Morgan fingerprint density at radius 3 is 1.59 bits per heavy atom. The molecule has 0 amide bonds. The fraction of sp³-hybridized carbons (Fsp3) is 1.00. The van der Waals surface area contributed by atoms with E-state index >= 15 is 0 Å². The van der Waals surface area contributed by atoms with Gasteiger partial charge in [0, 0.05) is 4.32 Å². The lowest BCUT2D eigenvalue weighted by Gasteiger charge is -2.21. The van der Waals surface area contributed by atoms with Crippen LogP contribution in [-0.4, -0.2) is 4.32 Å². The highest BCUT2D eigenvalue weighted by atomic mass is 79.9. The molecule has 0 saturated heterocycles. The van der Waals surface area contributed by atoms with E-state index in [-0.39, 0.29) is 0 Å². The highest BCUT2D eigenvalue weighted by molar-refractivity contribution is 9.10. The highest BCUT2D eigenvalue weighted by Gasteiger charge is 2.17. The molecule has 0 aliphatic heterocycles. The summed E-state index contributed by atoms with van der Waals surface area (Å²) in [4.78, 5) is 0. The molecule has 0 heterocycles. The van der Waals surface area contributed by atoms with Crippen molar-refractivity contribution in [3.8, 4) is 0 Å². The van der Waals surface area contributed by atoms with Gasteiger partial charge in [-0.2, -0.15) is 0 Å². The van der Waals surface area contributed by atoms with Crippen molar-refractivity contribution in [2.24, 2.45) is 0 Å². The standard InChI is InChI=1S/C16H33Br/c1-4-6-7-8-9-10-11-12-13-15-16(3,17)14-5-2/h4-15H2,1-3H3. The Bertz CT molecular complexity index is 152. The van der Waals surface area contributed by atoms with Crippen LogP contribution in [0.3, 0.4) is 0 Å². The Kier molecular flexibility index (Phi) is 11.9. The second kappa shape index (κ2) is 11.6. The molecule has 0 nitrogen and oxygen atoms in total. The Morgan fingerprint density at radius 1 is 0.647 bits per heavy atom. The van der Waals surface area contributed by atoms with Gasteiger partial charge in [0.15, 0.2) is 0 Å². The van der Waals surface area contributed by atoms with Crippen LogP contribution in [0.2, 0.25) is 0 Å². The summed E-state index contributed by atoms with van der Waals surface area (Å²) in [5.41, 5.74) is 0. The van der Waals surface area contributed by atoms with Crippen LogP contribution in [0.5, 0.6) is 0 Å². The maximum atomic E-state index is 3.85. The normalized spacial score (nSPS) is 14.8. The molecular formula is C16H33Br. The van der Waals surface area contributed by atoms with Crippen LogP contribution in [0, 0.1) is 0 Å². The van der Waals surface area contributed by atoms with Gasteiger partial charge in [-0.25, -0.2) is 0 Å². The average molecular weight is 305 g/mol. The van der Waals surface area contributed by atoms with Crippen molar-refractivity contribution in [1.82, 2.24) is 0 Å². The number of alkyl halides is 1. The van der Waals surface area contributed by atoms with E-state index in [1.807, 2.05) is 0 Å². The van der Waals surface area contributed by atoms with Crippen molar-refractivity contribution < 1.29 is 0 Å². The minimum Gasteiger partial charge on any atom is -0.0856 e. The number of hydrogen-bond donors (Lipinski definition) is 0. The van der Waals surface area contributed by atoms with Gasteiger partial charge in [-0.05, 0) is 19.8 Å². The smallest absolute Gasteiger partial charge is 0.0229 e. The summed E-state index contributed by atoms with van der Waals surface area (Å²) in [6, 6.07) is 0. The first-order valence-electron chi connectivity index (χ1n) is 7.81. The van der Waals surface area contributed by atoms with E-state index < -0.39 is 0 Å². The minimum atomic E-state index is 0.406. The number of rotatable bonds is 12. The summed E-state index contributed by atoms with van der Waals surface area (Å²) in [6.07, 6.45) is 16.8. The molecule has 17 heavy (non-hydrogen) atoms. The quantitative estimate of drug-likeness (QED) is 0.273. The van der Waals surface area contributed by atoms with Crippen LogP contribution in [0.15, 0.2) is 0 Å². The lowest BCUT2D eigenvalue weighted by Crippen LogP contribution is -2.14. The van der Waals surface area contributed by atoms with Crippen molar-refractivity contribution in [3.63, 3.8) is 0 Å². The van der Waals surface area contributed by atoms with Gasteiger partial charge in [0.05, 0.1) is 0 Å². The maximum absolute atomic E-state index is 3.85. The Labute approximate surface area is 118 Å². The zero-order valence-corrected chi connectivity index (χ0v) is 13.9. The molecule has 0 bridgehead atoms. The van der Waals surface area contributed by atoms with E-state index in [1.54, 1.807) is 0 Å². The molecule has 0 aliphatic carbocycles. The predicted octanol–water partition coefficient (Wildman–Crippen LogP) is 6.86. The van der Waals surface area contributed by atoms with E-state index in [2.05, 4.69) is 36.7 Å². The Hall–Kier alpha value is 0.480. The van der Waals surface area contributed by atoms with E-state index in [1.165, 1.54) is 77.0 Å². The molecule has 0 fully saturated rings. The van der Waals surface area contributed by atoms with E-state index in [9.17, 15) is 0 Å². The molecular weight excluding hydrogens is 272 g/mol.